The number of benzene rings is 1. The van der Waals surface area contributed by atoms with Gasteiger partial charge in [-0.15, -0.1) is 0 Å². The van der Waals surface area contributed by atoms with Crippen molar-refractivity contribution in [3.63, 3.8) is 0 Å². The summed E-state index contributed by atoms with van der Waals surface area (Å²) in [5, 5.41) is 0. The number of rotatable bonds is 4. The molecular formula is C15H20O. The fraction of sp³-hybridized carbons (Fsp3) is 0.467. The molecule has 0 N–H and O–H groups in total. The van der Waals surface area contributed by atoms with Gasteiger partial charge in [0.1, 0.15) is 0 Å². The first-order valence-electron chi connectivity index (χ1n) is 5.93. The third-order valence-electron chi connectivity index (χ3n) is 3.86. The molecule has 0 amide bonds. The van der Waals surface area contributed by atoms with Crippen LogP contribution in [0.2, 0.25) is 0 Å². The molecule has 1 heteroatoms. The molecule has 1 fully saturated rings. The van der Waals surface area contributed by atoms with Gasteiger partial charge in [0.15, 0.2) is 0 Å². The van der Waals surface area contributed by atoms with Gasteiger partial charge >= 0.3 is 0 Å². The van der Waals surface area contributed by atoms with Crippen molar-refractivity contribution in [1.29, 1.82) is 0 Å². The zero-order valence-corrected chi connectivity index (χ0v) is 10.3. The Morgan fingerprint density at radius 1 is 1.38 bits per heavy atom. The first-order valence-corrected chi connectivity index (χ1v) is 5.93. The van der Waals surface area contributed by atoms with Crippen LogP contribution in [-0.2, 0) is 4.74 Å². The molecule has 1 aliphatic carbocycles. The summed E-state index contributed by atoms with van der Waals surface area (Å²) in [5.41, 5.74) is 1.78. The number of ether oxygens (including phenoxy) is 1. The number of methoxy groups -OCH3 is 1. The fourth-order valence-electron chi connectivity index (χ4n) is 2.57. The molecule has 16 heavy (non-hydrogen) atoms. The molecule has 1 aromatic rings. The maximum atomic E-state index is 5.01. The second-order valence-corrected chi connectivity index (χ2v) is 5.05. The second-order valence-electron chi connectivity index (χ2n) is 5.05. The normalized spacial score (nSPS) is 30.3. The summed E-state index contributed by atoms with van der Waals surface area (Å²) < 4.78 is 5.01. The lowest BCUT2D eigenvalue weighted by Crippen LogP contribution is -2.02. The summed E-state index contributed by atoms with van der Waals surface area (Å²) in [4.78, 5) is 0. The lowest BCUT2D eigenvalue weighted by molar-refractivity contribution is 0.332. The average molecular weight is 216 g/mol. The van der Waals surface area contributed by atoms with Crippen LogP contribution in [0.5, 0.6) is 0 Å². The van der Waals surface area contributed by atoms with Crippen LogP contribution in [0.4, 0.5) is 0 Å². The molecule has 0 heterocycles. The van der Waals surface area contributed by atoms with Crippen molar-refractivity contribution in [2.24, 2.45) is 11.3 Å². The van der Waals surface area contributed by atoms with Crippen LogP contribution >= 0.6 is 0 Å². The zero-order chi connectivity index (χ0) is 11.6. The van der Waals surface area contributed by atoms with Crippen molar-refractivity contribution < 1.29 is 4.74 Å². The molecule has 1 aromatic carbocycles. The Labute approximate surface area is 98.1 Å². The molecule has 0 bridgehead atoms. The summed E-state index contributed by atoms with van der Waals surface area (Å²) in [6.07, 6.45) is 5.29. The van der Waals surface area contributed by atoms with E-state index in [1.54, 1.807) is 7.11 Å². The van der Waals surface area contributed by atoms with Crippen molar-refractivity contribution in [2.75, 3.05) is 7.11 Å². The highest BCUT2D eigenvalue weighted by molar-refractivity contribution is 5.25. The first-order chi connectivity index (χ1) is 7.67. The van der Waals surface area contributed by atoms with E-state index in [-0.39, 0.29) is 0 Å². The van der Waals surface area contributed by atoms with Crippen molar-refractivity contribution in [3.05, 3.63) is 48.2 Å². The van der Waals surface area contributed by atoms with E-state index in [0.717, 1.165) is 5.92 Å². The molecule has 1 aliphatic rings. The molecule has 1 saturated carbocycles. The van der Waals surface area contributed by atoms with Crippen LogP contribution in [0.3, 0.4) is 0 Å². The maximum Gasteiger partial charge on any atom is 0.0790 e. The fourth-order valence-corrected chi connectivity index (χ4v) is 2.57. The van der Waals surface area contributed by atoms with Gasteiger partial charge in [-0.3, -0.25) is 0 Å². The Bertz CT molecular complexity index is 368. The summed E-state index contributed by atoms with van der Waals surface area (Å²) in [6.45, 7) is 4.64. The van der Waals surface area contributed by atoms with Gasteiger partial charge in [0.05, 0.1) is 13.4 Å². The first kappa shape index (κ1) is 11.3. The van der Waals surface area contributed by atoms with E-state index in [2.05, 4.69) is 50.3 Å². The SMILES string of the molecule is COC=C[C@@]1(C)C[C@H]1C(C)c1ccccc1. The maximum absolute atomic E-state index is 5.01. The Hall–Kier alpha value is -1.24. The Morgan fingerprint density at radius 3 is 2.69 bits per heavy atom. The van der Waals surface area contributed by atoms with E-state index < -0.39 is 0 Å². The predicted molar refractivity (Wildman–Crippen MR) is 67.2 cm³/mol. The average Bonchev–Trinajstić information content (AvgIpc) is 3.00. The monoisotopic (exact) mass is 216 g/mol. The molecule has 0 aromatic heterocycles. The van der Waals surface area contributed by atoms with Crippen LogP contribution in [0.25, 0.3) is 0 Å². The highest BCUT2D eigenvalue weighted by atomic mass is 16.5. The largest absolute Gasteiger partial charge is 0.505 e. The number of allylic oxidation sites excluding steroid dienone is 1. The van der Waals surface area contributed by atoms with Crippen LogP contribution in [0.1, 0.15) is 31.7 Å². The lowest BCUT2D eigenvalue weighted by Gasteiger charge is -2.14. The zero-order valence-electron chi connectivity index (χ0n) is 10.3. The standard InChI is InChI=1S/C15H20O/c1-12(13-7-5-4-6-8-13)14-11-15(14,2)9-10-16-3/h4-10,12,14H,11H2,1-3H3/t12?,14-,15-/m0/s1. The van der Waals surface area contributed by atoms with Crippen molar-refractivity contribution >= 4 is 0 Å². The Morgan fingerprint density at radius 2 is 2.06 bits per heavy atom. The highest BCUT2D eigenvalue weighted by Gasteiger charge is 2.50. The molecule has 0 radical (unpaired) electrons. The van der Waals surface area contributed by atoms with Gasteiger partial charge in [-0.25, -0.2) is 0 Å². The van der Waals surface area contributed by atoms with E-state index >= 15 is 0 Å². The minimum atomic E-state index is 0.339. The second kappa shape index (κ2) is 4.32. The molecule has 1 unspecified atom stereocenters. The topological polar surface area (TPSA) is 9.23 Å². The van der Waals surface area contributed by atoms with E-state index in [1.165, 1.54) is 12.0 Å². The molecule has 2 rings (SSSR count). The third kappa shape index (κ3) is 2.13. The molecule has 86 valence electrons. The summed E-state index contributed by atoms with van der Waals surface area (Å²) in [6, 6.07) is 10.8. The van der Waals surface area contributed by atoms with Gasteiger partial charge in [-0.1, -0.05) is 44.2 Å². The van der Waals surface area contributed by atoms with Crippen molar-refractivity contribution in [1.82, 2.24) is 0 Å². The smallest absolute Gasteiger partial charge is 0.0790 e. The van der Waals surface area contributed by atoms with E-state index in [9.17, 15) is 0 Å². The van der Waals surface area contributed by atoms with Crippen LogP contribution in [0.15, 0.2) is 42.7 Å². The van der Waals surface area contributed by atoms with Gasteiger partial charge in [0.25, 0.3) is 0 Å². The quantitative estimate of drug-likeness (QED) is 0.692. The molecule has 0 spiro atoms. The van der Waals surface area contributed by atoms with Crippen LogP contribution in [-0.4, -0.2) is 7.11 Å². The summed E-state index contributed by atoms with van der Waals surface area (Å²) >= 11 is 0. The third-order valence-corrected chi connectivity index (χ3v) is 3.86. The molecule has 0 aliphatic heterocycles. The van der Waals surface area contributed by atoms with Gasteiger partial charge < -0.3 is 4.74 Å². The molecular weight excluding hydrogens is 196 g/mol. The van der Waals surface area contributed by atoms with Crippen LogP contribution in [0, 0.1) is 11.3 Å². The van der Waals surface area contributed by atoms with Gasteiger partial charge in [-0.05, 0) is 35.3 Å². The van der Waals surface area contributed by atoms with E-state index in [4.69, 9.17) is 4.74 Å². The number of hydrogen-bond acceptors (Lipinski definition) is 1. The highest BCUT2D eigenvalue weighted by Crippen LogP contribution is 2.59. The van der Waals surface area contributed by atoms with Gasteiger partial charge in [0, 0.05) is 0 Å². The Balaban J connectivity index is 2.04. The molecule has 3 atom stereocenters. The van der Waals surface area contributed by atoms with Crippen LogP contribution < -0.4 is 0 Å². The minimum absolute atomic E-state index is 0.339. The molecule has 1 nitrogen and oxygen atoms in total. The lowest BCUT2D eigenvalue weighted by atomic mass is 9.91. The summed E-state index contributed by atoms with van der Waals surface area (Å²) in [5.74, 6) is 1.38. The van der Waals surface area contributed by atoms with Gasteiger partial charge in [-0.2, -0.15) is 0 Å². The Kier molecular flexibility index (Phi) is 3.04. The number of hydrogen-bond donors (Lipinski definition) is 0. The van der Waals surface area contributed by atoms with E-state index in [1.807, 2.05) is 6.26 Å². The van der Waals surface area contributed by atoms with Gasteiger partial charge in [0.2, 0.25) is 0 Å². The predicted octanol–water partition coefficient (Wildman–Crippen LogP) is 3.98. The van der Waals surface area contributed by atoms with E-state index in [0.29, 0.717) is 11.3 Å². The summed E-state index contributed by atoms with van der Waals surface area (Å²) in [7, 11) is 1.71. The van der Waals surface area contributed by atoms with Crippen molar-refractivity contribution in [2.45, 2.75) is 26.2 Å². The molecule has 0 saturated heterocycles. The minimum Gasteiger partial charge on any atom is -0.505 e. The van der Waals surface area contributed by atoms with Crippen molar-refractivity contribution in [3.8, 4) is 0 Å².